The maximum atomic E-state index is 12.6. The highest BCUT2D eigenvalue weighted by molar-refractivity contribution is 7.89. The standard InChI is InChI=1S/C12H20F3N3O2S/c1-9(2)18(8-12(13,14)15)21(19,20)11-5-10(6-16-3)17(4)7-11/h5,7,9,16H,6,8H2,1-4H3. The molecule has 0 aromatic carbocycles. The minimum Gasteiger partial charge on any atom is -0.352 e. The molecule has 122 valence electrons. The third kappa shape index (κ3) is 4.45. The van der Waals surface area contributed by atoms with Crippen molar-refractivity contribution < 1.29 is 21.6 Å². The first-order valence-corrected chi connectivity index (χ1v) is 7.81. The Hall–Kier alpha value is -1.06. The first kappa shape index (κ1) is 18.0. The van der Waals surface area contributed by atoms with Crippen LogP contribution in [0, 0.1) is 0 Å². The summed E-state index contributed by atoms with van der Waals surface area (Å²) >= 11 is 0. The minimum atomic E-state index is -4.58. The van der Waals surface area contributed by atoms with Crippen molar-refractivity contribution in [1.29, 1.82) is 0 Å². The van der Waals surface area contributed by atoms with E-state index in [-0.39, 0.29) is 4.90 Å². The molecule has 1 heterocycles. The van der Waals surface area contributed by atoms with Crippen molar-refractivity contribution in [1.82, 2.24) is 14.2 Å². The summed E-state index contributed by atoms with van der Waals surface area (Å²) in [6.45, 7) is 1.76. The molecule has 5 nitrogen and oxygen atoms in total. The first-order chi connectivity index (χ1) is 9.49. The molecule has 0 amide bonds. The van der Waals surface area contributed by atoms with Crippen molar-refractivity contribution in [3.8, 4) is 0 Å². The summed E-state index contributed by atoms with van der Waals surface area (Å²) in [7, 11) is -0.841. The molecule has 9 heteroatoms. The molecule has 0 aliphatic rings. The smallest absolute Gasteiger partial charge is 0.352 e. The fourth-order valence-electron chi connectivity index (χ4n) is 1.93. The van der Waals surface area contributed by atoms with E-state index < -0.39 is 28.8 Å². The van der Waals surface area contributed by atoms with Gasteiger partial charge in [-0.15, -0.1) is 0 Å². The van der Waals surface area contributed by atoms with Gasteiger partial charge in [-0.25, -0.2) is 8.42 Å². The van der Waals surface area contributed by atoms with E-state index in [2.05, 4.69) is 5.32 Å². The number of aryl methyl sites for hydroxylation is 1. The van der Waals surface area contributed by atoms with Gasteiger partial charge in [-0.2, -0.15) is 17.5 Å². The number of sulfonamides is 1. The summed E-state index contributed by atoms with van der Waals surface area (Å²) in [5.41, 5.74) is 0.673. The van der Waals surface area contributed by atoms with Crippen LogP contribution in [0.5, 0.6) is 0 Å². The molecule has 21 heavy (non-hydrogen) atoms. The molecular weight excluding hydrogens is 307 g/mol. The molecule has 1 N–H and O–H groups in total. The van der Waals surface area contributed by atoms with Crippen molar-refractivity contribution in [2.24, 2.45) is 7.05 Å². The van der Waals surface area contributed by atoms with E-state index in [1.165, 1.54) is 26.1 Å². The first-order valence-electron chi connectivity index (χ1n) is 6.37. The van der Waals surface area contributed by atoms with Crippen LogP contribution in [-0.4, -0.2) is 43.1 Å². The van der Waals surface area contributed by atoms with Crippen LogP contribution in [-0.2, 0) is 23.6 Å². The quantitative estimate of drug-likeness (QED) is 0.865. The molecule has 0 radical (unpaired) electrons. The van der Waals surface area contributed by atoms with Gasteiger partial charge in [-0.3, -0.25) is 0 Å². The van der Waals surface area contributed by atoms with Gasteiger partial charge in [-0.1, -0.05) is 0 Å². The number of hydrogen-bond donors (Lipinski definition) is 1. The van der Waals surface area contributed by atoms with Gasteiger partial charge in [0.15, 0.2) is 0 Å². The zero-order valence-electron chi connectivity index (χ0n) is 12.4. The van der Waals surface area contributed by atoms with Gasteiger partial charge in [0, 0.05) is 31.5 Å². The van der Waals surface area contributed by atoms with Crippen LogP contribution < -0.4 is 5.32 Å². The molecule has 0 saturated heterocycles. The summed E-state index contributed by atoms with van der Waals surface area (Å²) < 4.78 is 64.7. The normalized spacial score (nSPS) is 13.4. The maximum absolute atomic E-state index is 12.6. The Kier molecular flexibility index (Phi) is 5.46. The highest BCUT2D eigenvalue weighted by atomic mass is 32.2. The lowest BCUT2D eigenvalue weighted by molar-refractivity contribution is -0.138. The number of rotatable bonds is 6. The second-order valence-electron chi connectivity index (χ2n) is 5.07. The van der Waals surface area contributed by atoms with Gasteiger partial charge in [0.25, 0.3) is 0 Å². The highest BCUT2D eigenvalue weighted by Gasteiger charge is 2.38. The van der Waals surface area contributed by atoms with Crippen molar-refractivity contribution >= 4 is 10.0 Å². The molecule has 1 aromatic heterocycles. The molecule has 0 unspecified atom stereocenters. The van der Waals surface area contributed by atoms with E-state index in [4.69, 9.17) is 0 Å². The molecule has 1 aromatic rings. The van der Waals surface area contributed by atoms with Gasteiger partial charge in [-0.05, 0) is 27.0 Å². The van der Waals surface area contributed by atoms with E-state index in [1.807, 2.05) is 0 Å². The van der Waals surface area contributed by atoms with Crippen molar-refractivity contribution in [2.45, 2.75) is 37.5 Å². The van der Waals surface area contributed by atoms with Crippen LogP contribution in [0.25, 0.3) is 0 Å². The SMILES string of the molecule is CNCc1cc(S(=O)(=O)N(CC(F)(F)F)C(C)C)cn1C. The number of aromatic nitrogens is 1. The highest BCUT2D eigenvalue weighted by Crippen LogP contribution is 2.25. The summed E-state index contributed by atoms with van der Waals surface area (Å²) in [6.07, 6.45) is -3.26. The number of hydrogen-bond acceptors (Lipinski definition) is 3. The predicted octanol–water partition coefficient (Wildman–Crippen LogP) is 1.71. The minimum absolute atomic E-state index is 0.131. The van der Waals surface area contributed by atoms with Crippen molar-refractivity contribution in [3.63, 3.8) is 0 Å². The molecule has 0 spiro atoms. The Morgan fingerprint density at radius 1 is 1.38 bits per heavy atom. The number of halogens is 3. The number of nitrogens with zero attached hydrogens (tertiary/aromatic N) is 2. The Bertz CT molecular complexity index is 579. The summed E-state index contributed by atoms with van der Waals surface area (Å²) in [6, 6.07) is 0.599. The van der Waals surface area contributed by atoms with Gasteiger partial charge >= 0.3 is 6.18 Å². The lowest BCUT2D eigenvalue weighted by Gasteiger charge is -2.26. The third-order valence-electron chi connectivity index (χ3n) is 2.96. The van der Waals surface area contributed by atoms with Crippen LogP contribution in [0.15, 0.2) is 17.2 Å². The topological polar surface area (TPSA) is 54.3 Å². The monoisotopic (exact) mass is 327 g/mol. The Morgan fingerprint density at radius 2 is 1.95 bits per heavy atom. The zero-order valence-corrected chi connectivity index (χ0v) is 13.2. The van der Waals surface area contributed by atoms with Gasteiger partial charge in [0.05, 0.1) is 0 Å². The number of alkyl halides is 3. The van der Waals surface area contributed by atoms with E-state index in [1.54, 1.807) is 18.7 Å². The van der Waals surface area contributed by atoms with E-state index >= 15 is 0 Å². The van der Waals surface area contributed by atoms with Crippen LogP contribution in [0.4, 0.5) is 13.2 Å². The van der Waals surface area contributed by atoms with Crippen molar-refractivity contribution in [2.75, 3.05) is 13.6 Å². The Morgan fingerprint density at radius 3 is 2.38 bits per heavy atom. The van der Waals surface area contributed by atoms with Crippen LogP contribution >= 0.6 is 0 Å². The molecule has 0 bridgehead atoms. The zero-order chi connectivity index (χ0) is 16.4. The largest absolute Gasteiger partial charge is 0.402 e. The maximum Gasteiger partial charge on any atom is 0.402 e. The summed E-state index contributed by atoms with van der Waals surface area (Å²) in [4.78, 5) is -0.131. The molecule has 0 aliphatic carbocycles. The molecule has 0 fully saturated rings. The average molecular weight is 327 g/mol. The summed E-state index contributed by atoms with van der Waals surface area (Å²) in [5, 5.41) is 2.87. The second-order valence-corrected chi connectivity index (χ2v) is 6.96. The molecular formula is C12H20F3N3O2S. The van der Waals surface area contributed by atoms with Gasteiger partial charge in [0.1, 0.15) is 11.4 Å². The van der Waals surface area contributed by atoms with Crippen LogP contribution in [0.1, 0.15) is 19.5 Å². The lowest BCUT2D eigenvalue weighted by Crippen LogP contribution is -2.43. The summed E-state index contributed by atoms with van der Waals surface area (Å²) in [5.74, 6) is 0. The molecule has 0 aliphatic heterocycles. The van der Waals surface area contributed by atoms with E-state index in [0.717, 1.165) is 0 Å². The Balaban J connectivity index is 3.20. The second kappa shape index (κ2) is 6.37. The molecule has 0 saturated carbocycles. The van der Waals surface area contributed by atoms with E-state index in [0.29, 0.717) is 16.5 Å². The Labute approximate surface area is 122 Å². The average Bonchev–Trinajstić information content (AvgIpc) is 2.68. The number of nitrogens with one attached hydrogen (secondary N) is 1. The van der Waals surface area contributed by atoms with E-state index in [9.17, 15) is 21.6 Å². The van der Waals surface area contributed by atoms with Gasteiger partial charge < -0.3 is 9.88 Å². The van der Waals surface area contributed by atoms with Crippen LogP contribution in [0.2, 0.25) is 0 Å². The fraction of sp³-hybridized carbons (Fsp3) is 0.667. The van der Waals surface area contributed by atoms with Crippen LogP contribution in [0.3, 0.4) is 0 Å². The van der Waals surface area contributed by atoms with Crippen molar-refractivity contribution in [3.05, 3.63) is 18.0 Å². The lowest BCUT2D eigenvalue weighted by atomic mass is 10.4. The fourth-order valence-corrected chi connectivity index (χ4v) is 3.65. The molecule has 1 rings (SSSR count). The van der Waals surface area contributed by atoms with Gasteiger partial charge in [0.2, 0.25) is 10.0 Å². The third-order valence-corrected chi connectivity index (χ3v) is 4.95. The molecule has 0 atom stereocenters. The predicted molar refractivity (Wildman–Crippen MR) is 73.3 cm³/mol.